The van der Waals surface area contributed by atoms with Gasteiger partial charge in [0.2, 0.25) is 0 Å². The first-order valence-corrected chi connectivity index (χ1v) is 11.2. The van der Waals surface area contributed by atoms with Gasteiger partial charge in [0, 0.05) is 14.9 Å². The van der Waals surface area contributed by atoms with Crippen LogP contribution in [0.5, 0.6) is 0 Å². The summed E-state index contributed by atoms with van der Waals surface area (Å²) in [5, 5.41) is 7.71. The molecule has 0 saturated carbocycles. The third-order valence-corrected chi connectivity index (χ3v) is 6.06. The van der Waals surface area contributed by atoms with Gasteiger partial charge < -0.3 is 15.4 Å². The van der Waals surface area contributed by atoms with Gasteiger partial charge in [-0.3, -0.25) is 0 Å². The lowest BCUT2D eigenvalue weighted by molar-refractivity contribution is 0.0529. The molecule has 0 radical (unpaired) electrons. The van der Waals surface area contributed by atoms with Crippen molar-refractivity contribution in [3.8, 4) is 11.1 Å². The summed E-state index contributed by atoms with van der Waals surface area (Å²) in [6.07, 6.45) is 0. The summed E-state index contributed by atoms with van der Waals surface area (Å²) < 4.78 is 6.19. The molecule has 150 valence electrons. The van der Waals surface area contributed by atoms with Gasteiger partial charge in [0.1, 0.15) is 10.6 Å². The van der Waals surface area contributed by atoms with Gasteiger partial charge in [-0.2, -0.15) is 0 Å². The minimum atomic E-state index is -0.386. The maximum Gasteiger partial charge on any atom is 0.341 e. The van der Waals surface area contributed by atoms with Gasteiger partial charge in [0.15, 0.2) is 5.11 Å². The fourth-order valence-corrected chi connectivity index (χ4v) is 4.90. The first kappa shape index (κ1) is 21.8. The number of thiocarbonyl (C=S) groups is 1. The van der Waals surface area contributed by atoms with Crippen LogP contribution in [0.1, 0.15) is 22.2 Å². The average Bonchev–Trinajstić information content (AvgIpc) is 3.00. The summed E-state index contributed by atoms with van der Waals surface area (Å²) in [5.74, 6) is -0.386. The van der Waals surface area contributed by atoms with Crippen LogP contribution in [0.2, 0.25) is 5.02 Å². The van der Waals surface area contributed by atoms with E-state index in [1.165, 1.54) is 11.3 Å². The standard InChI is InChI=1S/C21H18BrClN2O2S2/c1-3-27-20(26)18-17(13-7-5-4-6-8-13)12(2)29-19(18)25-21(28)24-16-10-9-14(22)11-15(16)23/h4-11H,3H2,1-2H3,(H2,24,25,28). The third kappa shape index (κ3) is 5.17. The Morgan fingerprint density at radius 2 is 1.93 bits per heavy atom. The number of benzene rings is 2. The topological polar surface area (TPSA) is 50.4 Å². The summed E-state index contributed by atoms with van der Waals surface area (Å²) in [6.45, 7) is 4.05. The zero-order chi connectivity index (χ0) is 21.0. The summed E-state index contributed by atoms with van der Waals surface area (Å²) in [6, 6.07) is 15.2. The van der Waals surface area contributed by atoms with Crippen molar-refractivity contribution < 1.29 is 9.53 Å². The van der Waals surface area contributed by atoms with E-state index in [0.29, 0.717) is 33.0 Å². The van der Waals surface area contributed by atoms with E-state index in [2.05, 4.69) is 26.6 Å². The summed E-state index contributed by atoms with van der Waals surface area (Å²) in [7, 11) is 0. The molecule has 0 amide bonds. The monoisotopic (exact) mass is 508 g/mol. The summed E-state index contributed by atoms with van der Waals surface area (Å²) in [4.78, 5) is 13.8. The van der Waals surface area contributed by atoms with Crippen LogP contribution < -0.4 is 10.6 Å². The predicted octanol–water partition coefficient (Wildman–Crippen LogP) is 7.13. The number of rotatable bonds is 5. The van der Waals surface area contributed by atoms with Crippen LogP contribution >= 0.6 is 51.1 Å². The Hall–Kier alpha value is -1.93. The number of esters is 1. The molecule has 0 saturated heterocycles. The minimum Gasteiger partial charge on any atom is -0.462 e. The Labute approximate surface area is 192 Å². The molecule has 0 aliphatic carbocycles. The number of anilines is 2. The van der Waals surface area contributed by atoms with Gasteiger partial charge in [0.05, 0.1) is 17.3 Å². The number of hydrogen-bond donors (Lipinski definition) is 2. The van der Waals surface area contributed by atoms with Crippen LogP contribution in [-0.2, 0) is 4.74 Å². The molecule has 8 heteroatoms. The first-order chi connectivity index (χ1) is 13.9. The second-order valence-electron chi connectivity index (χ2n) is 6.03. The third-order valence-electron chi connectivity index (χ3n) is 4.03. The Kier molecular flexibility index (Phi) is 7.29. The highest BCUT2D eigenvalue weighted by Crippen LogP contribution is 2.40. The van der Waals surface area contributed by atoms with Gasteiger partial charge in [-0.05, 0) is 49.8 Å². The van der Waals surface area contributed by atoms with E-state index in [-0.39, 0.29) is 5.97 Å². The van der Waals surface area contributed by atoms with Crippen molar-refractivity contribution in [1.29, 1.82) is 0 Å². The molecule has 0 aliphatic heterocycles. The number of ether oxygens (including phenoxy) is 1. The van der Waals surface area contributed by atoms with Crippen molar-refractivity contribution in [2.45, 2.75) is 13.8 Å². The normalized spacial score (nSPS) is 10.5. The number of thiophene rings is 1. The lowest BCUT2D eigenvalue weighted by Gasteiger charge is -2.13. The SMILES string of the molecule is CCOC(=O)c1c(NC(=S)Nc2ccc(Br)cc2Cl)sc(C)c1-c1ccccc1. The van der Waals surface area contributed by atoms with E-state index >= 15 is 0 Å². The first-order valence-electron chi connectivity index (χ1n) is 8.79. The molecule has 0 fully saturated rings. The quantitative estimate of drug-likeness (QED) is 0.283. The van der Waals surface area contributed by atoms with Crippen LogP contribution in [0.3, 0.4) is 0 Å². The smallest absolute Gasteiger partial charge is 0.341 e. The van der Waals surface area contributed by atoms with Gasteiger partial charge >= 0.3 is 5.97 Å². The van der Waals surface area contributed by atoms with Crippen molar-refractivity contribution in [3.63, 3.8) is 0 Å². The Morgan fingerprint density at radius 3 is 2.59 bits per heavy atom. The van der Waals surface area contributed by atoms with Gasteiger partial charge in [0.25, 0.3) is 0 Å². The number of carbonyl (C=O) groups is 1. The Balaban J connectivity index is 1.94. The van der Waals surface area contributed by atoms with Crippen LogP contribution in [0, 0.1) is 6.92 Å². The van der Waals surface area contributed by atoms with Crippen LogP contribution in [0.4, 0.5) is 10.7 Å². The highest BCUT2D eigenvalue weighted by molar-refractivity contribution is 9.10. The van der Waals surface area contributed by atoms with Crippen molar-refractivity contribution in [2.24, 2.45) is 0 Å². The highest BCUT2D eigenvalue weighted by Gasteiger charge is 2.25. The molecular formula is C21H18BrClN2O2S2. The maximum atomic E-state index is 12.8. The Morgan fingerprint density at radius 1 is 1.21 bits per heavy atom. The lowest BCUT2D eigenvalue weighted by Crippen LogP contribution is -2.20. The van der Waals surface area contributed by atoms with Crippen LogP contribution in [-0.4, -0.2) is 17.7 Å². The molecule has 2 N–H and O–H groups in total. The molecule has 1 heterocycles. The molecule has 0 atom stereocenters. The zero-order valence-electron chi connectivity index (χ0n) is 15.7. The van der Waals surface area contributed by atoms with Gasteiger partial charge in [-0.15, -0.1) is 11.3 Å². The molecular weight excluding hydrogens is 492 g/mol. The van der Waals surface area contributed by atoms with E-state index in [4.69, 9.17) is 28.6 Å². The fourth-order valence-electron chi connectivity index (χ4n) is 2.83. The van der Waals surface area contributed by atoms with E-state index in [1.807, 2.05) is 49.4 Å². The molecule has 0 unspecified atom stereocenters. The van der Waals surface area contributed by atoms with E-state index in [0.717, 1.165) is 20.5 Å². The largest absolute Gasteiger partial charge is 0.462 e. The van der Waals surface area contributed by atoms with Crippen molar-refractivity contribution in [2.75, 3.05) is 17.2 Å². The summed E-state index contributed by atoms with van der Waals surface area (Å²) >= 11 is 16.5. The zero-order valence-corrected chi connectivity index (χ0v) is 19.7. The molecule has 3 rings (SSSR count). The number of hydrogen-bond acceptors (Lipinski definition) is 4. The van der Waals surface area contributed by atoms with Crippen molar-refractivity contribution >= 4 is 72.9 Å². The van der Waals surface area contributed by atoms with E-state index < -0.39 is 0 Å². The minimum absolute atomic E-state index is 0.290. The molecule has 0 spiro atoms. The van der Waals surface area contributed by atoms with Crippen molar-refractivity contribution in [1.82, 2.24) is 0 Å². The fraction of sp³-hybridized carbons (Fsp3) is 0.143. The van der Waals surface area contributed by atoms with E-state index in [9.17, 15) is 4.79 Å². The van der Waals surface area contributed by atoms with Crippen LogP contribution in [0.25, 0.3) is 11.1 Å². The molecule has 1 aromatic heterocycles. The number of carbonyl (C=O) groups excluding carboxylic acids is 1. The maximum absolute atomic E-state index is 12.8. The van der Waals surface area contributed by atoms with Crippen LogP contribution in [0.15, 0.2) is 53.0 Å². The average molecular weight is 510 g/mol. The second-order valence-corrected chi connectivity index (χ2v) is 8.98. The number of aryl methyl sites for hydroxylation is 1. The molecule has 3 aromatic rings. The molecule has 2 aromatic carbocycles. The van der Waals surface area contributed by atoms with Gasteiger partial charge in [-0.1, -0.05) is 57.9 Å². The molecule has 0 bridgehead atoms. The number of halogens is 2. The lowest BCUT2D eigenvalue weighted by atomic mass is 10.0. The second kappa shape index (κ2) is 9.71. The summed E-state index contributed by atoms with van der Waals surface area (Å²) in [5.41, 5.74) is 2.95. The highest BCUT2D eigenvalue weighted by atomic mass is 79.9. The molecule has 0 aliphatic rings. The molecule has 4 nitrogen and oxygen atoms in total. The molecule has 29 heavy (non-hydrogen) atoms. The Bertz CT molecular complexity index is 1050. The number of nitrogens with one attached hydrogen (secondary N) is 2. The predicted molar refractivity (Wildman–Crippen MR) is 129 cm³/mol. The van der Waals surface area contributed by atoms with Gasteiger partial charge in [-0.25, -0.2) is 4.79 Å². The van der Waals surface area contributed by atoms with E-state index in [1.54, 1.807) is 13.0 Å². The van der Waals surface area contributed by atoms with Crippen molar-refractivity contribution in [3.05, 3.63) is 68.5 Å².